The Bertz CT molecular complexity index is 1990. The van der Waals surface area contributed by atoms with Crippen molar-refractivity contribution in [2.24, 2.45) is 23.7 Å². The monoisotopic (exact) mass is 806 g/mol. The Balaban J connectivity index is 1.70. The summed E-state index contributed by atoms with van der Waals surface area (Å²) in [4.78, 5) is 71.5. The first-order valence-corrected chi connectivity index (χ1v) is 19.9. The van der Waals surface area contributed by atoms with E-state index in [0.29, 0.717) is 0 Å². The zero-order valence-electron chi connectivity index (χ0n) is 35.8. The number of rotatable bonds is 5. The number of methoxy groups -OCH3 is 1. The van der Waals surface area contributed by atoms with Crippen LogP contribution in [0.3, 0.4) is 0 Å². The molecule has 0 spiro atoms. The number of ether oxygens (including phenoxy) is 6. The van der Waals surface area contributed by atoms with E-state index in [1.54, 1.807) is 43.9 Å². The number of phenols is 1. The van der Waals surface area contributed by atoms with Crippen LogP contribution in [0.4, 0.5) is 0 Å². The van der Waals surface area contributed by atoms with Crippen molar-refractivity contribution in [3.05, 3.63) is 69.8 Å². The van der Waals surface area contributed by atoms with Crippen molar-refractivity contribution in [1.29, 1.82) is 0 Å². The van der Waals surface area contributed by atoms with Gasteiger partial charge in [-0.15, -0.1) is 0 Å². The first-order chi connectivity index (χ1) is 27.1. The van der Waals surface area contributed by atoms with Crippen LogP contribution in [0, 0.1) is 30.6 Å². The second-order valence-electron chi connectivity index (χ2n) is 16.3. The van der Waals surface area contributed by atoms with Crippen LogP contribution in [0.5, 0.6) is 11.5 Å². The van der Waals surface area contributed by atoms with Gasteiger partial charge in [0.2, 0.25) is 11.6 Å². The minimum Gasteiger partial charge on any atom is -0.507 e. The summed E-state index contributed by atoms with van der Waals surface area (Å²) < 4.78 is 37.0. The normalized spacial score (nSPS) is 33.4. The van der Waals surface area contributed by atoms with E-state index in [4.69, 9.17) is 28.4 Å². The number of fused-ring (bicyclic) bond motifs is 10. The molecule has 14 heteroatoms. The molecular weight excluding hydrogens is 748 g/mol. The van der Waals surface area contributed by atoms with Crippen molar-refractivity contribution in [2.75, 3.05) is 20.2 Å². The number of carbonyl (C=O) groups excluding carboxylic acids is 5. The average Bonchev–Trinajstić information content (AvgIpc) is 3.43. The van der Waals surface area contributed by atoms with Crippen molar-refractivity contribution < 1.29 is 57.5 Å². The molecule has 4 heterocycles. The second-order valence-corrected chi connectivity index (χ2v) is 16.3. The summed E-state index contributed by atoms with van der Waals surface area (Å²) in [7, 11) is 1.50. The molecule has 6 rings (SSSR count). The number of aromatic hydroxyl groups is 1. The first-order valence-electron chi connectivity index (χ1n) is 19.9. The van der Waals surface area contributed by atoms with E-state index in [9.17, 15) is 29.1 Å². The Hall–Kier alpha value is -4.79. The van der Waals surface area contributed by atoms with Gasteiger partial charge in [-0.1, -0.05) is 45.9 Å². The van der Waals surface area contributed by atoms with Gasteiger partial charge in [0.25, 0.3) is 11.7 Å². The van der Waals surface area contributed by atoms with Gasteiger partial charge in [0.15, 0.2) is 5.79 Å². The number of amides is 1. The molecule has 1 fully saturated rings. The molecule has 0 radical (unpaired) electrons. The molecule has 1 aromatic carbocycles. The molecule has 0 unspecified atom stereocenters. The lowest BCUT2D eigenvalue weighted by molar-refractivity contribution is -0.336. The van der Waals surface area contributed by atoms with Crippen LogP contribution < -0.4 is 10.1 Å². The van der Waals surface area contributed by atoms with Crippen LogP contribution in [-0.2, 0) is 33.3 Å². The van der Waals surface area contributed by atoms with E-state index in [1.165, 1.54) is 34.1 Å². The van der Waals surface area contributed by atoms with E-state index in [1.807, 2.05) is 47.6 Å². The van der Waals surface area contributed by atoms with Crippen LogP contribution in [0.2, 0.25) is 0 Å². The summed E-state index contributed by atoms with van der Waals surface area (Å²) >= 11 is 0. The number of hydrogen-bond acceptors (Lipinski definition) is 13. The summed E-state index contributed by atoms with van der Waals surface area (Å²) in [5.74, 6) is -8.36. The fraction of sp³-hybridized carbons (Fsp3) is 0.568. The Morgan fingerprint density at radius 1 is 0.897 bits per heavy atom. The van der Waals surface area contributed by atoms with E-state index < -0.39 is 76.3 Å². The number of phenolic OH excluding ortho intramolecular Hbond substituents is 1. The SMILES string of the molecule is CCN(CC)C1=C2NC(=O)/C(C)=C\C=C/[C@H](C)[C@@H]3OC(C)(C)O[C@H]([C@H](C)[C@H](OC(C)=O)[C@H](C)[C@@H](OC)/C=C\O[C@@]4(C)Oc5c(C)c(O)c(c(c5C4=O)C1=O)C2=O)[C@@H]3C. The minimum absolute atomic E-state index is 0.0350. The summed E-state index contributed by atoms with van der Waals surface area (Å²) in [6.07, 6.45) is 5.88. The molecule has 316 valence electrons. The van der Waals surface area contributed by atoms with Crippen molar-refractivity contribution in [3.8, 4) is 11.5 Å². The second kappa shape index (κ2) is 16.8. The van der Waals surface area contributed by atoms with E-state index >= 15 is 0 Å². The predicted octanol–water partition coefficient (Wildman–Crippen LogP) is 6.10. The molecule has 1 saturated heterocycles. The predicted molar refractivity (Wildman–Crippen MR) is 213 cm³/mol. The van der Waals surface area contributed by atoms with Crippen LogP contribution in [0.25, 0.3) is 0 Å². The molecule has 4 aliphatic heterocycles. The lowest BCUT2D eigenvalue weighted by Crippen LogP contribution is -2.56. The van der Waals surface area contributed by atoms with Gasteiger partial charge in [0, 0.05) is 68.9 Å². The number of ketones is 3. The quantitative estimate of drug-likeness (QED) is 0.327. The fourth-order valence-corrected chi connectivity index (χ4v) is 8.60. The van der Waals surface area contributed by atoms with E-state index in [0.717, 1.165) is 0 Å². The first kappa shape index (κ1) is 44.3. The maximum Gasteiger partial charge on any atom is 0.312 e. The Labute approximate surface area is 340 Å². The smallest absolute Gasteiger partial charge is 0.312 e. The largest absolute Gasteiger partial charge is 0.507 e. The maximum absolute atomic E-state index is 14.6. The highest BCUT2D eigenvalue weighted by Gasteiger charge is 2.53. The van der Waals surface area contributed by atoms with Crippen molar-refractivity contribution >= 4 is 29.2 Å². The fourth-order valence-electron chi connectivity index (χ4n) is 8.60. The highest BCUT2D eigenvalue weighted by atomic mass is 16.7. The molecule has 0 aromatic heterocycles. The zero-order valence-corrected chi connectivity index (χ0v) is 35.8. The van der Waals surface area contributed by atoms with Crippen LogP contribution in [-0.4, -0.2) is 95.4 Å². The van der Waals surface area contributed by atoms with Crippen molar-refractivity contribution in [1.82, 2.24) is 10.2 Å². The number of Topliss-reactive ketones (excluding diaryl/α,β-unsaturated/α-hetero) is 3. The third-order valence-electron chi connectivity index (χ3n) is 11.8. The highest BCUT2D eigenvalue weighted by Crippen LogP contribution is 2.49. The van der Waals surface area contributed by atoms with Gasteiger partial charge in [0.1, 0.15) is 29.0 Å². The molecule has 5 aliphatic rings. The Morgan fingerprint density at radius 2 is 1.53 bits per heavy atom. The minimum atomic E-state index is -2.03. The van der Waals surface area contributed by atoms with Gasteiger partial charge in [-0.25, -0.2) is 0 Å². The number of nitrogens with zero attached hydrogens (tertiary/aromatic N) is 1. The molecule has 58 heavy (non-hydrogen) atoms. The lowest BCUT2D eigenvalue weighted by atomic mass is 9.77. The molecular formula is C44H58N2O12. The summed E-state index contributed by atoms with van der Waals surface area (Å²) in [5, 5.41) is 14.2. The van der Waals surface area contributed by atoms with Gasteiger partial charge in [-0.3, -0.25) is 24.0 Å². The van der Waals surface area contributed by atoms with Gasteiger partial charge in [-0.05, 0) is 47.6 Å². The molecule has 1 aromatic rings. The zero-order chi connectivity index (χ0) is 43.2. The van der Waals surface area contributed by atoms with E-state index in [2.05, 4.69) is 5.32 Å². The topological polar surface area (TPSA) is 176 Å². The van der Waals surface area contributed by atoms with Gasteiger partial charge in [0.05, 0.1) is 41.3 Å². The number of hydrogen-bond donors (Lipinski definition) is 2. The average molecular weight is 807 g/mol. The summed E-state index contributed by atoms with van der Waals surface area (Å²) in [5.41, 5.74) is -1.14. The van der Waals surface area contributed by atoms with E-state index in [-0.39, 0.29) is 76.4 Å². The number of allylic oxidation sites excluding steroid dienone is 4. The standard InChI is InChI=1S/C44H58N2O12/c1-14-46(15-2)33-32-35(49)30-29(36(33)50)31-40(24(6)34(30)48)58-44(12,41(31)51)54-20-19-28(53-13)23(5)38(55-27(9)47)26(8)39-25(7)37(56-43(10,11)57-39)21(3)17-16-18-22(4)42(52)45-32/h16-21,23,25-26,28,37-39,48H,14-15H2,1-13H3,(H,45,52)/b17-16-,20-19-,22-18-/t21-,23+,25+,26+,28-,37-,38+,39-,44-/m0/s1. The Morgan fingerprint density at radius 3 is 2.14 bits per heavy atom. The number of carbonyl (C=O) groups is 5. The third-order valence-corrected chi connectivity index (χ3v) is 11.8. The maximum atomic E-state index is 14.6. The number of nitrogens with one attached hydrogen (secondary N) is 1. The number of likely N-dealkylation sites (N-methyl/N-ethyl adjacent to an activating group) is 1. The molecule has 0 saturated carbocycles. The van der Waals surface area contributed by atoms with Gasteiger partial charge < -0.3 is 43.7 Å². The molecule has 2 N–H and O–H groups in total. The molecule has 14 nitrogen and oxygen atoms in total. The molecule has 1 aliphatic carbocycles. The molecule has 7 bridgehead atoms. The van der Waals surface area contributed by atoms with Gasteiger partial charge >= 0.3 is 11.8 Å². The molecule has 1 amide bonds. The Kier molecular flexibility index (Phi) is 12.9. The van der Waals surface area contributed by atoms with Crippen molar-refractivity contribution in [2.45, 2.75) is 119 Å². The van der Waals surface area contributed by atoms with Crippen LogP contribution in [0.1, 0.15) is 113 Å². The van der Waals surface area contributed by atoms with Gasteiger partial charge in [-0.2, -0.15) is 0 Å². The van der Waals surface area contributed by atoms with Crippen LogP contribution >= 0.6 is 0 Å². The third kappa shape index (κ3) is 7.98. The summed E-state index contributed by atoms with van der Waals surface area (Å²) in [6.45, 7) is 21.4. The lowest BCUT2D eigenvalue weighted by Gasteiger charge is -2.50. The highest BCUT2D eigenvalue weighted by molar-refractivity contribution is 6.32. The number of esters is 1. The van der Waals surface area contributed by atoms with Crippen LogP contribution in [0.15, 0.2) is 47.5 Å². The van der Waals surface area contributed by atoms with Crippen molar-refractivity contribution in [3.63, 3.8) is 0 Å². The molecule has 9 atom stereocenters. The summed E-state index contributed by atoms with van der Waals surface area (Å²) in [6, 6.07) is 0. The number of benzene rings is 1.